The van der Waals surface area contributed by atoms with Gasteiger partial charge in [-0.2, -0.15) is 0 Å². The standard InChI is InChI=1S/C36H56N6O/c1-7-40(8-2)32-16-14-31(15-17-32)37-36-38-33-18-13-30(35(43)41(25-19-28(3)4)26-20-29(5)6)27-34(33)42(36)24-12-23-39-21-10-9-11-22-39/h13-18,27-29H,7-12,19-26H2,1-6H3,(H,37,38). The van der Waals surface area contributed by atoms with Gasteiger partial charge in [0.1, 0.15) is 0 Å². The molecule has 0 aliphatic carbocycles. The first-order valence-corrected chi connectivity index (χ1v) is 16.9. The lowest BCUT2D eigenvalue weighted by Crippen LogP contribution is -2.34. The second-order valence-corrected chi connectivity index (χ2v) is 13.0. The van der Waals surface area contributed by atoms with Gasteiger partial charge in [-0.1, -0.05) is 34.1 Å². The minimum atomic E-state index is 0.130. The number of carbonyl (C=O) groups excluding carboxylic acids is 1. The third-order valence-electron chi connectivity index (χ3n) is 8.79. The molecule has 0 radical (unpaired) electrons. The Morgan fingerprint density at radius 2 is 1.53 bits per heavy atom. The minimum Gasteiger partial charge on any atom is -0.372 e. The van der Waals surface area contributed by atoms with Crippen LogP contribution in [0.15, 0.2) is 42.5 Å². The zero-order valence-electron chi connectivity index (χ0n) is 27.7. The fraction of sp³-hybridized carbons (Fsp3) is 0.611. The third-order valence-corrected chi connectivity index (χ3v) is 8.79. The summed E-state index contributed by atoms with van der Waals surface area (Å²) < 4.78 is 2.29. The van der Waals surface area contributed by atoms with Crippen LogP contribution < -0.4 is 10.2 Å². The number of fused-ring (bicyclic) bond motifs is 1. The van der Waals surface area contributed by atoms with Crippen molar-refractivity contribution in [3.05, 3.63) is 48.0 Å². The van der Waals surface area contributed by atoms with Gasteiger partial charge in [0.2, 0.25) is 5.95 Å². The smallest absolute Gasteiger partial charge is 0.253 e. The van der Waals surface area contributed by atoms with Crippen molar-refractivity contribution >= 4 is 34.3 Å². The Morgan fingerprint density at radius 1 is 0.884 bits per heavy atom. The molecular weight excluding hydrogens is 532 g/mol. The number of amides is 1. The van der Waals surface area contributed by atoms with E-state index < -0.39 is 0 Å². The number of piperidine rings is 1. The average molecular weight is 589 g/mol. The van der Waals surface area contributed by atoms with Gasteiger partial charge in [0.15, 0.2) is 0 Å². The van der Waals surface area contributed by atoms with Gasteiger partial charge in [-0.05, 0) is 120 Å². The number of nitrogens with zero attached hydrogens (tertiary/aromatic N) is 5. The van der Waals surface area contributed by atoms with Crippen molar-refractivity contribution in [1.29, 1.82) is 0 Å². The largest absolute Gasteiger partial charge is 0.372 e. The van der Waals surface area contributed by atoms with E-state index in [4.69, 9.17) is 4.98 Å². The lowest BCUT2D eigenvalue weighted by Gasteiger charge is -2.26. The van der Waals surface area contributed by atoms with E-state index in [1.165, 1.54) is 38.0 Å². The van der Waals surface area contributed by atoms with Gasteiger partial charge >= 0.3 is 0 Å². The lowest BCUT2D eigenvalue weighted by atomic mass is 10.1. The highest BCUT2D eigenvalue weighted by molar-refractivity contribution is 5.98. The van der Waals surface area contributed by atoms with E-state index in [1.807, 2.05) is 12.1 Å². The number of hydrogen-bond acceptors (Lipinski definition) is 5. The summed E-state index contributed by atoms with van der Waals surface area (Å²) in [5.41, 5.74) is 4.96. The van der Waals surface area contributed by atoms with Gasteiger partial charge < -0.3 is 24.6 Å². The van der Waals surface area contributed by atoms with E-state index in [1.54, 1.807) is 0 Å². The summed E-state index contributed by atoms with van der Waals surface area (Å²) in [5.74, 6) is 2.09. The Balaban J connectivity index is 1.61. The van der Waals surface area contributed by atoms with E-state index in [-0.39, 0.29) is 5.91 Å². The predicted octanol–water partition coefficient (Wildman–Crippen LogP) is 8.04. The summed E-state index contributed by atoms with van der Waals surface area (Å²) in [7, 11) is 0. The molecule has 1 aliphatic heterocycles. The topological polar surface area (TPSA) is 56.6 Å². The highest BCUT2D eigenvalue weighted by Crippen LogP contribution is 2.27. The molecule has 1 fully saturated rings. The number of aryl methyl sites for hydroxylation is 1. The Labute approximate surface area is 260 Å². The molecule has 0 bridgehead atoms. The summed E-state index contributed by atoms with van der Waals surface area (Å²) in [6.07, 6.45) is 7.04. The van der Waals surface area contributed by atoms with Crippen LogP contribution in [0, 0.1) is 11.8 Å². The SMILES string of the molecule is CCN(CC)c1ccc(Nc2nc3ccc(C(=O)N(CCC(C)C)CCC(C)C)cc3n2CCCN2CCCCC2)cc1. The number of benzene rings is 2. The summed E-state index contributed by atoms with van der Waals surface area (Å²) in [4.78, 5) is 25.9. The number of aromatic nitrogens is 2. The van der Waals surface area contributed by atoms with Crippen molar-refractivity contribution in [2.24, 2.45) is 11.8 Å². The van der Waals surface area contributed by atoms with E-state index in [0.717, 1.165) is 86.8 Å². The molecule has 1 aromatic heterocycles. The van der Waals surface area contributed by atoms with Crippen LogP contribution in [0.5, 0.6) is 0 Å². The Bertz CT molecular complexity index is 1260. The Kier molecular flexibility index (Phi) is 12.3. The van der Waals surface area contributed by atoms with Gasteiger partial charge in [0.25, 0.3) is 5.91 Å². The number of imidazole rings is 1. The van der Waals surface area contributed by atoms with Crippen LogP contribution >= 0.6 is 0 Å². The minimum absolute atomic E-state index is 0.130. The molecule has 1 N–H and O–H groups in total. The molecule has 1 saturated heterocycles. The highest BCUT2D eigenvalue weighted by atomic mass is 16.2. The van der Waals surface area contributed by atoms with Crippen molar-refractivity contribution in [1.82, 2.24) is 19.4 Å². The van der Waals surface area contributed by atoms with Crippen LogP contribution in [0.2, 0.25) is 0 Å². The molecule has 3 aromatic rings. The zero-order valence-corrected chi connectivity index (χ0v) is 27.7. The molecular formula is C36H56N6O. The van der Waals surface area contributed by atoms with Crippen LogP contribution in [-0.2, 0) is 6.54 Å². The molecule has 7 nitrogen and oxygen atoms in total. The van der Waals surface area contributed by atoms with Crippen LogP contribution in [0.4, 0.5) is 17.3 Å². The predicted molar refractivity (Wildman–Crippen MR) is 183 cm³/mol. The number of nitrogens with one attached hydrogen (secondary N) is 1. The maximum Gasteiger partial charge on any atom is 0.253 e. The molecule has 2 heterocycles. The molecule has 0 spiro atoms. The van der Waals surface area contributed by atoms with E-state index in [9.17, 15) is 4.79 Å². The van der Waals surface area contributed by atoms with Gasteiger partial charge in [-0.25, -0.2) is 4.98 Å². The summed E-state index contributed by atoms with van der Waals surface area (Å²) in [6.45, 7) is 21.2. The maximum absolute atomic E-state index is 13.8. The monoisotopic (exact) mass is 588 g/mol. The van der Waals surface area contributed by atoms with Crippen LogP contribution in [0.1, 0.15) is 90.4 Å². The lowest BCUT2D eigenvalue weighted by molar-refractivity contribution is 0.0741. The number of carbonyl (C=O) groups is 1. The molecule has 0 saturated carbocycles. The van der Waals surface area contributed by atoms with Crippen molar-refractivity contribution < 1.29 is 4.79 Å². The quantitative estimate of drug-likeness (QED) is 0.184. The van der Waals surface area contributed by atoms with Gasteiger partial charge in [-0.3, -0.25) is 4.79 Å². The Hall–Kier alpha value is -3.06. The maximum atomic E-state index is 13.8. The van der Waals surface area contributed by atoms with E-state index in [0.29, 0.717) is 11.8 Å². The molecule has 43 heavy (non-hydrogen) atoms. The summed E-state index contributed by atoms with van der Waals surface area (Å²) in [6, 6.07) is 14.7. The zero-order chi connectivity index (χ0) is 30.8. The highest BCUT2D eigenvalue weighted by Gasteiger charge is 2.20. The molecule has 4 rings (SSSR count). The number of likely N-dealkylation sites (tertiary alicyclic amines) is 1. The molecule has 236 valence electrons. The first-order valence-electron chi connectivity index (χ1n) is 16.9. The Morgan fingerprint density at radius 3 is 2.14 bits per heavy atom. The number of anilines is 3. The molecule has 0 atom stereocenters. The molecule has 1 aliphatic rings. The van der Waals surface area contributed by atoms with E-state index >= 15 is 0 Å². The van der Waals surface area contributed by atoms with Gasteiger partial charge in [0, 0.05) is 49.7 Å². The molecule has 2 aromatic carbocycles. The van der Waals surface area contributed by atoms with E-state index in [2.05, 4.69) is 96.5 Å². The molecule has 0 unspecified atom stereocenters. The summed E-state index contributed by atoms with van der Waals surface area (Å²) >= 11 is 0. The second kappa shape index (κ2) is 16.1. The fourth-order valence-electron chi connectivity index (χ4n) is 6.01. The fourth-order valence-corrected chi connectivity index (χ4v) is 6.01. The molecule has 7 heteroatoms. The van der Waals surface area contributed by atoms with Gasteiger partial charge in [-0.15, -0.1) is 0 Å². The number of rotatable bonds is 16. The van der Waals surface area contributed by atoms with Crippen molar-refractivity contribution in [3.63, 3.8) is 0 Å². The first kappa shape index (κ1) is 32.8. The third kappa shape index (κ3) is 9.21. The second-order valence-electron chi connectivity index (χ2n) is 13.0. The molecule has 1 amide bonds. The van der Waals surface area contributed by atoms with Crippen LogP contribution in [-0.4, -0.2) is 71.1 Å². The van der Waals surface area contributed by atoms with Crippen molar-refractivity contribution in [3.8, 4) is 0 Å². The number of hydrogen-bond donors (Lipinski definition) is 1. The summed E-state index contributed by atoms with van der Waals surface area (Å²) in [5, 5.41) is 3.61. The van der Waals surface area contributed by atoms with Crippen molar-refractivity contribution in [2.75, 3.05) is 56.0 Å². The van der Waals surface area contributed by atoms with Crippen LogP contribution in [0.3, 0.4) is 0 Å². The average Bonchev–Trinajstić information content (AvgIpc) is 3.34. The first-order chi connectivity index (χ1) is 20.8. The van der Waals surface area contributed by atoms with Crippen LogP contribution in [0.25, 0.3) is 11.0 Å². The van der Waals surface area contributed by atoms with Crippen molar-refractivity contribution in [2.45, 2.75) is 86.6 Å². The normalized spacial score (nSPS) is 14.1. The van der Waals surface area contributed by atoms with Gasteiger partial charge in [0.05, 0.1) is 11.0 Å².